The van der Waals surface area contributed by atoms with Crippen LogP contribution in [-0.4, -0.2) is 39.3 Å². The first-order chi connectivity index (χ1) is 11.4. The van der Waals surface area contributed by atoms with Crippen LogP contribution in [0.1, 0.15) is 31.2 Å². The van der Waals surface area contributed by atoms with E-state index in [4.69, 9.17) is 16.3 Å². The summed E-state index contributed by atoms with van der Waals surface area (Å²) >= 11 is 6.09. The lowest BCUT2D eigenvalue weighted by Gasteiger charge is -2.37. The van der Waals surface area contributed by atoms with Crippen LogP contribution >= 0.6 is 11.6 Å². The molecule has 1 aromatic heterocycles. The molecule has 2 unspecified atom stereocenters. The molecule has 0 aliphatic carbocycles. The SMILES string of the molecule is COc1ccc(C(C)(O)C2CCCN2Cc2ncc(Cl)n2C)cc1. The van der Waals surface area contributed by atoms with Crippen molar-refractivity contribution in [1.82, 2.24) is 14.5 Å². The van der Waals surface area contributed by atoms with E-state index in [0.717, 1.165) is 36.5 Å². The van der Waals surface area contributed by atoms with Crippen LogP contribution in [0.5, 0.6) is 5.75 Å². The first kappa shape index (κ1) is 17.3. The van der Waals surface area contributed by atoms with E-state index < -0.39 is 5.60 Å². The molecule has 0 radical (unpaired) electrons. The molecule has 1 N–H and O–H groups in total. The van der Waals surface area contributed by atoms with Crippen molar-refractivity contribution >= 4 is 11.6 Å². The summed E-state index contributed by atoms with van der Waals surface area (Å²) in [5.41, 5.74) is -0.0318. The Morgan fingerprint density at radius 3 is 2.67 bits per heavy atom. The van der Waals surface area contributed by atoms with Crippen molar-refractivity contribution in [3.63, 3.8) is 0 Å². The summed E-state index contributed by atoms with van der Waals surface area (Å²) < 4.78 is 7.10. The number of hydrogen-bond donors (Lipinski definition) is 1. The van der Waals surface area contributed by atoms with Gasteiger partial charge in [0.25, 0.3) is 0 Å². The molecule has 1 aromatic carbocycles. The number of methoxy groups -OCH3 is 1. The van der Waals surface area contributed by atoms with Crippen LogP contribution in [0.2, 0.25) is 5.15 Å². The zero-order chi connectivity index (χ0) is 17.3. The van der Waals surface area contributed by atoms with Gasteiger partial charge in [0, 0.05) is 13.1 Å². The minimum atomic E-state index is -0.933. The molecule has 0 spiro atoms. The normalized spacial score (nSPS) is 21.0. The predicted octanol–water partition coefficient (Wildman–Crippen LogP) is 2.95. The molecule has 24 heavy (non-hydrogen) atoms. The Morgan fingerprint density at radius 2 is 2.08 bits per heavy atom. The van der Waals surface area contributed by atoms with E-state index in [1.807, 2.05) is 42.8 Å². The second-order valence-electron chi connectivity index (χ2n) is 6.56. The van der Waals surface area contributed by atoms with Gasteiger partial charge in [-0.3, -0.25) is 4.90 Å². The van der Waals surface area contributed by atoms with Crippen molar-refractivity contribution in [1.29, 1.82) is 0 Å². The molecule has 5 nitrogen and oxygen atoms in total. The Hall–Kier alpha value is -1.56. The molecule has 6 heteroatoms. The number of imidazole rings is 1. The van der Waals surface area contributed by atoms with Gasteiger partial charge in [0.15, 0.2) is 0 Å². The van der Waals surface area contributed by atoms with Crippen molar-refractivity contribution in [2.75, 3.05) is 13.7 Å². The number of halogens is 1. The maximum absolute atomic E-state index is 11.2. The second kappa shape index (κ2) is 6.75. The average Bonchev–Trinajstić information content (AvgIpc) is 3.17. The molecule has 0 saturated carbocycles. The van der Waals surface area contributed by atoms with E-state index in [1.54, 1.807) is 13.3 Å². The number of rotatable bonds is 5. The zero-order valence-corrected chi connectivity index (χ0v) is 15.1. The van der Waals surface area contributed by atoms with Crippen LogP contribution in [0.15, 0.2) is 30.5 Å². The van der Waals surface area contributed by atoms with Crippen molar-refractivity contribution in [3.8, 4) is 5.75 Å². The summed E-state index contributed by atoms with van der Waals surface area (Å²) in [4.78, 5) is 6.68. The van der Waals surface area contributed by atoms with Gasteiger partial charge in [0.2, 0.25) is 0 Å². The summed E-state index contributed by atoms with van der Waals surface area (Å²) in [7, 11) is 3.56. The van der Waals surface area contributed by atoms with Gasteiger partial charge in [-0.15, -0.1) is 0 Å². The molecule has 3 rings (SSSR count). The van der Waals surface area contributed by atoms with Crippen LogP contribution in [0.25, 0.3) is 0 Å². The smallest absolute Gasteiger partial charge is 0.128 e. The highest BCUT2D eigenvalue weighted by atomic mass is 35.5. The Balaban J connectivity index is 1.81. The van der Waals surface area contributed by atoms with E-state index in [1.165, 1.54) is 0 Å². The fourth-order valence-corrected chi connectivity index (χ4v) is 3.67. The fraction of sp³-hybridized carbons (Fsp3) is 0.500. The van der Waals surface area contributed by atoms with Gasteiger partial charge < -0.3 is 14.4 Å². The fourth-order valence-electron chi connectivity index (χ4n) is 3.53. The predicted molar refractivity (Wildman–Crippen MR) is 94.2 cm³/mol. The van der Waals surface area contributed by atoms with E-state index in [-0.39, 0.29) is 6.04 Å². The number of hydrogen-bond acceptors (Lipinski definition) is 4. The zero-order valence-electron chi connectivity index (χ0n) is 14.4. The third-order valence-electron chi connectivity index (χ3n) is 5.06. The Labute approximate surface area is 147 Å². The van der Waals surface area contributed by atoms with Crippen molar-refractivity contribution < 1.29 is 9.84 Å². The van der Waals surface area contributed by atoms with E-state index in [2.05, 4.69) is 9.88 Å². The quantitative estimate of drug-likeness (QED) is 0.901. The second-order valence-corrected chi connectivity index (χ2v) is 6.95. The molecule has 130 valence electrons. The Bertz CT molecular complexity index is 697. The summed E-state index contributed by atoms with van der Waals surface area (Å²) in [6.45, 7) is 3.52. The summed E-state index contributed by atoms with van der Waals surface area (Å²) in [5, 5.41) is 11.9. The molecule has 0 amide bonds. The standard InChI is InChI=1S/C18H24ClN3O2/c1-18(23,13-6-8-14(24-3)9-7-13)15-5-4-10-22(15)12-17-20-11-16(19)21(17)2/h6-9,11,15,23H,4-5,10,12H2,1-3H3. The number of aromatic nitrogens is 2. The Morgan fingerprint density at radius 1 is 1.38 bits per heavy atom. The maximum Gasteiger partial charge on any atom is 0.128 e. The molecule has 1 saturated heterocycles. The summed E-state index contributed by atoms with van der Waals surface area (Å²) in [5.74, 6) is 1.71. The average molecular weight is 350 g/mol. The molecular weight excluding hydrogens is 326 g/mol. The molecule has 1 aliphatic heterocycles. The van der Waals surface area contributed by atoms with Crippen LogP contribution < -0.4 is 4.74 Å². The van der Waals surface area contributed by atoms with Gasteiger partial charge in [-0.25, -0.2) is 4.98 Å². The number of benzene rings is 1. The summed E-state index contributed by atoms with van der Waals surface area (Å²) in [6, 6.07) is 7.70. The molecular formula is C18H24ClN3O2. The molecule has 0 bridgehead atoms. The lowest BCUT2D eigenvalue weighted by molar-refractivity contribution is -0.0263. The van der Waals surface area contributed by atoms with Gasteiger partial charge in [-0.1, -0.05) is 23.7 Å². The molecule has 1 fully saturated rings. The van der Waals surface area contributed by atoms with Crippen LogP contribution in [-0.2, 0) is 19.2 Å². The largest absolute Gasteiger partial charge is 0.497 e. The van der Waals surface area contributed by atoms with Crippen molar-refractivity contribution in [2.45, 2.75) is 38.0 Å². The number of likely N-dealkylation sites (tertiary alicyclic amines) is 1. The maximum atomic E-state index is 11.2. The number of aliphatic hydroxyl groups is 1. The van der Waals surface area contributed by atoms with E-state index >= 15 is 0 Å². The minimum absolute atomic E-state index is 0.0429. The molecule has 2 atom stereocenters. The molecule has 2 heterocycles. The van der Waals surface area contributed by atoms with Crippen LogP contribution in [0, 0.1) is 0 Å². The van der Waals surface area contributed by atoms with E-state index in [9.17, 15) is 5.11 Å². The third kappa shape index (κ3) is 3.16. The van der Waals surface area contributed by atoms with Gasteiger partial charge in [0.1, 0.15) is 22.3 Å². The van der Waals surface area contributed by atoms with Gasteiger partial charge in [-0.2, -0.15) is 0 Å². The lowest BCUT2D eigenvalue weighted by atomic mass is 9.86. The topological polar surface area (TPSA) is 50.5 Å². The number of ether oxygens (including phenoxy) is 1. The van der Waals surface area contributed by atoms with Crippen molar-refractivity contribution in [3.05, 3.63) is 47.0 Å². The number of nitrogens with zero attached hydrogens (tertiary/aromatic N) is 3. The highest BCUT2D eigenvalue weighted by molar-refractivity contribution is 6.29. The highest BCUT2D eigenvalue weighted by Gasteiger charge is 2.40. The molecule has 2 aromatic rings. The Kier molecular flexibility index (Phi) is 4.85. The lowest BCUT2D eigenvalue weighted by Crippen LogP contribution is -2.45. The third-order valence-corrected chi connectivity index (χ3v) is 5.41. The molecule has 1 aliphatic rings. The van der Waals surface area contributed by atoms with Gasteiger partial charge in [0.05, 0.1) is 19.9 Å². The van der Waals surface area contributed by atoms with Crippen molar-refractivity contribution in [2.24, 2.45) is 7.05 Å². The highest BCUT2D eigenvalue weighted by Crippen LogP contribution is 2.36. The van der Waals surface area contributed by atoms with E-state index in [0.29, 0.717) is 11.7 Å². The van der Waals surface area contributed by atoms with Gasteiger partial charge >= 0.3 is 0 Å². The van der Waals surface area contributed by atoms with Crippen LogP contribution in [0.4, 0.5) is 0 Å². The van der Waals surface area contributed by atoms with Gasteiger partial charge in [-0.05, 0) is 44.0 Å². The van der Waals surface area contributed by atoms with Crippen LogP contribution in [0.3, 0.4) is 0 Å². The minimum Gasteiger partial charge on any atom is -0.497 e. The first-order valence-electron chi connectivity index (χ1n) is 8.20. The summed E-state index contributed by atoms with van der Waals surface area (Å²) in [6.07, 6.45) is 3.69. The first-order valence-corrected chi connectivity index (χ1v) is 8.58. The monoisotopic (exact) mass is 349 g/mol.